The van der Waals surface area contributed by atoms with E-state index in [2.05, 4.69) is 0 Å². The van der Waals surface area contributed by atoms with E-state index in [0.29, 0.717) is 6.42 Å². The second-order valence-corrected chi connectivity index (χ2v) is 4.70. The van der Waals surface area contributed by atoms with Gasteiger partial charge in [-0.15, -0.1) is 0 Å². The average Bonchev–Trinajstić information content (AvgIpc) is 2.43. The van der Waals surface area contributed by atoms with E-state index in [9.17, 15) is 9.59 Å². The van der Waals surface area contributed by atoms with Gasteiger partial charge >= 0.3 is 5.97 Å². The lowest BCUT2D eigenvalue weighted by Crippen LogP contribution is -2.33. The van der Waals surface area contributed by atoms with Crippen LogP contribution in [0.1, 0.15) is 45.4 Å². The standard InChI is InChI=1S/C12H21NO3/c1-10(9-12(15)16)8-11(14)13-6-4-2-3-5-7-13/h10H,2-9H2,1H3,(H,15,16)/t10-/m1/s1. The SMILES string of the molecule is C[C@@H](CC(=O)O)CC(=O)N1CCCCCC1. The third-order valence-electron chi connectivity index (χ3n) is 3.00. The van der Waals surface area contributed by atoms with Crippen molar-refractivity contribution in [2.75, 3.05) is 13.1 Å². The molecular weight excluding hydrogens is 206 g/mol. The van der Waals surface area contributed by atoms with Crippen molar-refractivity contribution in [2.45, 2.75) is 45.4 Å². The molecule has 1 rings (SSSR count). The Labute approximate surface area is 96.6 Å². The number of rotatable bonds is 4. The fraction of sp³-hybridized carbons (Fsp3) is 0.833. The number of aliphatic carboxylic acids is 1. The van der Waals surface area contributed by atoms with Crippen molar-refractivity contribution in [2.24, 2.45) is 5.92 Å². The van der Waals surface area contributed by atoms with Crippen LogP contribution < -0.4 is 0 Å². The molecule has 16 heavy (non-hydrogen) atoms. The van der Waals surface area contributed by atoms with E-state index in [1.54, 1.807) is 0 Å². The number of carboxylic acid groups (broad SMARTS) is 1. The van der Waals surface area contributed by atoms with Crippen LogP contribution in [-0.4, -0.2) is 35.0 Å². The van der Waals surface area contributed by atoms with Crippen molar-refractivity contribution < 1.29 is 14.7 Å². The summed E-state index contributed by atoms with van der Waals surface area (Å²) in [5.74, 6) is -0.764. The van der Waals surface area contributed by atoms with Crippen molar-refractivity contribution >= 4 is 11.9 Å². The maximum atomic E-state index is 11.9. The van der Waals surface area contributed by atoms with Gasteiger partial charge in [-0.05, 0) is 18.8 Å². The molecule has 1 saturated heterocycles. The molecule has 0 aromatic heterocycles. The molecule has 1 heterocycles. The lowest BCUT2D eigenvalue weighted by Gasteiger charge is -2.21. The van der Waals surface area contributed by atoms with Gasteiger partial charge in [0.2, 0.25) is 5.91 Å². The van der Waals surface area contributed by atoms with Crippen molar-refractivity contribution in [3.8, 4) is 0 Å². The number of nitrogens with zero attached hydrogens (tertiary/aromatic N) is 1. The van der Waals surface area contributed by atoms with Crippen LogP contribution in [0.4, 0.5) is 0 Å². The first-order valence-corrected chi connectivity index (χ1v) is 6.09. The predicted octanol–water partition coefficient (Wildman–Crippen LogP) is 1.89. The van der Waals surface area contributed by atoms with Gasteiger partial charge in [-0.1, -0.05) is 19.8 Å². The highest BCUT2D eigenvalue weighted by Crippen LogP contribution is 2.14. The first-order valence-electron chi connectivity index (χ1n) is 6.09. The van der Waals surface area contributed by atoms with Gasteiger partial charge in [0, 0.05) is 25.9 Å². The topological polar surface area (TPSA) is 57.6 Å². The first kappa shape index (κ1) is 13.0. The normalized spacial score (nSPS) is 18.9. The second kappa shape index (κ2) is 6.51. The fourth-order valence-corrected chi connectivity index (χ4v) is 2.12. The van der Waals surface area contributed by atoms with E-state index in [1.165, 1.54) is 12.8 Å². The summed E-state index contributed by atoms with van der Waals surface area (Å²) in [6.07, 6.45) is 5.02. The highest BCUT2D eigenvalue weighted by Gasteiger charge is 2.19. The van der Waals surface area contributed by atoms with Crippen LogP contribution in [0.15, 0.2) is 0 Å². The quantitative estimate of drug-likeness (QED) is 0.798. The molecule has 0 radical (unpaired) electrons. The molecule has 1 N–H and O–H groups in total. The molecule has 1 atom stereocenters. The minimum absolute atomic E-state index is 0.0618. The third-order valence-corrected chi connectivity index (χ3v) is 3.00. The Morgan fingerprint density at radius 2 is 1.69 bits per heavy atom. The fourth-order valence-electron chi connectivity index (χ4n) is 2.12. The Morgan fingerprint density at radius 1 is 1.12 bits per heavy atom. The molecule has 1 aliphatic heterocycles. The Bertz CT molecular complexity index is 245. The smallest absolute Gasteiger partial charge is 0.303 e. The number of likely N-dealkylation sites (tertiary alicyclic amines) is 1. The molecule has 0 bridgehead atoms. The Balaban J connectivity index is 2.34. The molecule has 1 amide bonds. The molecule has 4 heteroatoms. The van der Waals surface area contributed by atoms with Crippen molar-refractivity contribution in [3.05, 3.63) is 0 Å². The maximum Gasteiger partial charge on any atom is 0.303 e. The van der Waals surface area contributed by atoms with Gasteiger partial charge in [-0.3, -0.25) is 9.59 Å². The number of carbonyl (C=O) groups is 2. The summed E-state index contributed by atoms with van der Waals surface area (Å²) in [5, 5.41) is 8.63. The van der Waals surface area contributed by atoms with Gasteiger partial charge in [0.25, 0.3) is 0 Å². The van der Waals surface area contributed by atoms with Gasteiger partial charge < -0.3 is 10.0 Å². The van der Waals surface area contributed by atoms with Crippen LogP contribution >= 0.6 is 0 Å². The Morgan fingerprint density at radius 3 is 2.19 bits per heavy atom. The summed E-state index contributed by atoms with van der Waals surface area (Å²) in [4.78, 5) is 24.3. The van der Waals surface area contributed by atoms with Crippen molar-refractivity contribution in [3.63, 3.8) is 0 Å². The number of carbonyl (C=O) groups excluding carboxylic acids is 1. The molecule has 0 spiro atoms. The van der Waals surface area contributed by atoms with Crippen molar-refractivity contribution in [1.29, 1.82) is 0 Å². The van der Waals surface area contributed by atoms with Gasteiger partial charge in [-0.25, -0.2) is 0 Å². The summed E-state index contributed by atoms with van der Waals surface area (Å²) in [6.45, 7) is 3.51. The molecule has 1 fully saturated rings. The number of hydrogen-bond donors (Lipinski definition) is 1. The van der Waals surface area contributed by atoms with E-state index < -0.39 is 5.97 Å². The van der Waals surface area contributed by atoms with E-state index in [0.717, 1.165) is 25.9 Å². The van der Waals surface area contributed by atoms with Gasteiger partial charge in [-0.2, -0.15) is 0 Å². The summed E-state index contributed by atoms with van der Waals surface area (Å²) >= 11 is 0. The van der Waals surface area contributed by atoms with Crippen LogP contribution in [-0.2, 0) is 9.59 Å². The second-order valence-electron chi connectivity index (χ2n) is 4.70. The molecule has 1 aliphatic rings. The van der Waals surface area contributed by atoms with Gasteiger partial charge in [0.05, 0.1) is 0 Å². The largest absolute Gasteiger partial charge is 0.481 e. The number of carboxylic acids is 1. The van der Waals surface area contributed by atoms with Crippen LogP contribution in [0.2, 0.25) is 0 Å². The van der Waals surface area contributed by atoms with E-state index in [-0.39, 0.29) is 18.2 Å². The zero-order valence-corrected chi connectivity index (χ0v) is 9.95. The average molecular weight is 227 g/mol. The van der Waals surface area contributed by atoms with Crippen LogP contribution in [0.25, 0.3) is 0 Å². The predicted molar refractivity (Wildman–Crippen MR) is 61.1 cm³/mol. The first-order chi connectivity index (χ1) is 7.59. The summed E-state index contributed by atoms with van der Waals surface area (Å²) in [5.41, 5.74) is 0. The number of amides is 1. The molecule has 0 saturated carbocycles. The lowest BCUT2D eigenvalue weighted by molar-refractivity contribution is -0.138. The molecule has 0 unspecified atom stereocenters. The summed E-state index contributed by atoms with van der Waals surface area (Å²) in [6, 6.07) is 0. The van der Waals surface area contributed by atoms with Crippen LogP contribution in [0.3, 0.4) is 0 Å². The monoisotopic (exact) mass is 227 g/mol. The van der Waals surface area contributed by atoms with Gasteiger partial charge in [0.15, 0.2) is 0 Å². The van der Waals surface area contributed by atoms with E-state index in [4.69, 9.17) is 5.11 Å². The molecule has 0 aliphatic carbocycles. The molecule has 4 nitrogen and oxygen atoms in total. The molecule has 0 aromatic rings. The third kappa shape index (κ3) is 4.64. The van der Waals surface area contributed by atoms with E-state index in [1.807, 2.05) is 11.8 Å². The number of hydrogen-bond acceptors (Lipinski definition) is 2. The van der Waals surface area contributed by atoms with Crippen LogP contribution in [0, 0.1) is 5.92 Å². The highest BCUT2D eigenvalue weighted by molar-refractivity contribution is 5.77. The minimum Gasteiger partial charge on any atom is -0.481 e. The Kier molecular flexibility index (Phi) is 5.29. The lowest BCUT2D eigenvalue weighted by atomic mass is 10.0. The summed E-state index contributed by atoms with van der Waals surface area (Å²) in [7, 11) is 0. The zero-order valence-electron chi connectivity index (χ0n) is 9.95. The zero-order chi connectivity index (χ0) is 12.0. The van der Waals surface area contributed by atoms with Crippen molar-refractivity contribution in [1.82, 2.24) is 4.90 Å². The maximum absolute atomic E-state index is 11.9. The minimum atomic E-state index is -0.823. The van der Waals surface area contributed by atoms with Gasteiger partial charge in [0.1, 0.15) is 0 Å². The molecule has 92 valence electrons. The van der Waals surface area contributed by atoms with E-state index >= 15 is 0 Å². The summed E-state index contributed by atoms with van der Waals surface area (Å²) < 4.78 is 0. The molecular formula is C12H21NO3. The van der Waals surface area contributed by atoms with Crippen LogP contribution in [0.5, 0.6) is 0 Å². The molecule has 0 aromatic carbocycles. The Hall–Kier alpha value is -1.06. The highest BCUT2D eigenvalue weighted by atomic mass is 16.4.